The first-order valence-corrected chi connectivity index (χ1v) is 8.16. The summed E-state index contributed by atoms with van der Waals surface area (Å²) >= 11 is 0. The molecule has 1 aliphatic heterocycles. The summed E-state index contributed by atoms with van der Waals surface area (Å²) in [6, 6.07) is 5.32. The molecule has 2 heterocycles. The Labute approximate surface area is 145 Å². The quantitative estimate of drug-likeness (QED) is 0.879. The number of nitrogens with one attached hydrogen (secondary N) is 1. The van der Waals surface area contributed by atoms with E-state index < -0.39 is 0 Å². The number of benzene rings is 1. The number of anilines is 1. The lowest BCUT2D eigenvalue weighted by atomic mass is 10.1. The lowest BCUT2D eigenvalue weighted by molar-refractivity contribution is -0.125. The zero-order valence-corrected chi connectivity index (χ0v) is 14.5. The highest BCUT2D eigenvalue weighted by Crippen LogP contribution is 2.32. The van der Waals surface area contributed by atoms with Crippen LogP contribution in [0, 0.1) is 6.92 Å². The second-order valence-electron chi connectivity index (χ2n) is 6.01. The Kier molecular flexibility index (Phi) is 4.69. The highest BCUT2D eigenvalue weighted by atomic mass is 16.5. The van der Waals surface area contributed by atoms with Crippen LogP contribution in [0.15, 0.2) is 24.5 Å². The normalized spacial score (nSPS) is 14.7. The fraction of sp³-hybridized carbons (Fsp3) is 0.412. The predicted molar refractivity (Wildman–Crippen MR) is 91.2 cm³/mol. The predicted octanol–water partition coefficient (Wildman–Crippen LogP) is 1.12. The third-order valence-corrected chi connectivity index (χ3v) is 4.16. The zero-order valence-electron chi connectivity index (χ0n) is 14.5. The molecule has 0 fully saturated rings. The topological polar surface area (TPSA) is 89.3 Å². The van der Waals surface area contributed by atoms with E-state index in [4.69, 9.17) is 4.74 Å². The van der Waals surface area contributed by atoms with Crippen LogP contribution in [0.1, 0.15) is 30.8 Å². The van der Waals surface area contributed by atoms with E-state index in [0.717, 1.165) is 5.56 Å². The van der Waals surface area contributed by atoms with Crippen molar-refractivity contribution in [2.75, 3.05) is 18.1 Å². The third kappa shape index (κ3) is 3.47. The van der Waals surface area contributed by atoms with Gasteiger partial charge in [0.2, 0.25) is 5.91 Å². The molecule has 1 N–H and O–H groups in total. The number of hydrogen-bond donors (Lipinski definition) is 1. The van der Waals surface area contributed by atoms with Crippen LogP contribution in [0.25, 0.3) is 0 Å². The number of rotatable bonds is 5. The van der Waals surface area contributed by atoms with Gasteiger partial charge in [0.1, 0.15) is 24.4 Å². The van der Waals surface area contributed by atoms with Crippen LogP contribution in [0.3, 0.4) is 0 Å². The Balaban J connectivity index is 1.75. The van der Waals surface area contributed by atoms with E-state index in [0.29, 0.717) is 23.7 Å². The molecule has 2 amide bonds. The molecule has 132 valence electrons. The van der Waals surface area contributed by atoms with Crippen LogP contribution in [0.4, 0.5) is 5.69 Å². The molecule has 8 heteroatoms. The number of carbonyl (C=O) groups is 2. The van der Waals surface area contributed by atoms with Gasteiger partial charge in [0.05, 0.1) is 11.7 Å². The Morgan fingerprint density at radius 2 is 2.24 bits per heavy atom. The number of hydrogen-bond acceptors (Lipinski definition) is 5. The molecule has 0 saturated carbocycles. The lowest BCUT2D eigenvalue weighted by Crippen LogP contribution is -2.46. The molecular formula is C17H21N5O3. The van der Waals surface area contributed by atoms with Gasteiger partial charge in [-0.3, -0.25) is 19.2 Å². The van der Waals surface area contributed by atoms with Crippen molar-refractivity contribution in [3.05, 3.63) is 35.9 Å². The molecular weight excluding hydrogens is 322 g/mol. The van der Waals surface area contributed by atoms with Crippen molar-refractivity contribution in [3.63, 3.8) is 0 Å². The van der Waals surface area contributed by atoms with Crippen LogP contribution >= 0.6 is 0 Å². The maximum Gasteiger partial charge on any atom is 0.265 e. The van der Waals surface area contributed by atoms with Crippen molar-refractivity contribution in [2.45, 2.75) is 26.3 Å². The standard InChI is InChI=1S/C17H21N5O3/c1-4-12(17-18-10-19-21(17)3)20-15(23)8-22-13-7-11(2)5-6-14(13)25-9-16(22)24/h5-7,10,12H,4,8-9H2,1-3H3,(H,20,23)/t12-/m1/s1. The van der Waals surface area contributed by atoms with Gasteiger partial charge in [0, 0.05) is 7.05 Å². The molecule has 3 rings (SSSR count). The van der Waals surface area contributed by atoms with E-state index >= 15 is 0 Å². The number of fused-ring (bicyclic) bond motifs is 1. The Morgan fingerprint density at radius 1 is 1.44 bits per heavy atom. The van der Waals surface area contributed by atoms with Crippen molar-refractivity contribution in [2.24, 2.45) is 7.05 Å². The van der Waals surface area contributed by atoms with E-state index in [1.165, 1.54) is 11.2 Å². The minimum atomic E-state index is -0.256. The van der Waals surface area contributed by atoms with Crippen molar-refractivity contribution in [1.82, 2.24) is 20.1 Å². The van der Waals surface area contributed by atoms with Gasteiger partial charge in [-0.2, -0.15) is 5.10 Å². The summed E-state index contributed by atoms with van der Waals surface area (Å²) in [4.78, 5) is 30.4. The van der Waals surface area contributed by atoms with Gasteiger partial charge in [-0.05, 0) is 31.0 Å². The summed E-state index contributed by atoms with van der Waals surface area (Å²) in [5.41, 5.74) is 1.62. The highest BCUT2D eigenvalue weighted by molar-refractivity contribution is 6.02. The fourth-order valence-electron chi connectivity index (χ4n) is 2.84. The number of nitrogens with zero attached hydrogens (tertiary/aromatic N) is 4. The van der Waals surface area contributed by atoms with Crippen LogP contribution in [-0.2, 0) is 16.6 Å². The van der Waals surface area contributed by atoms with Gasteiger partial charge >= 0.3 is 0 Å². The van der Waals surface area contributed by atoms with Crippen LogP contribution in [0.5, 0.6) is 5.75 Å². The molecule has 0 aliphatic carbocycles. The number of aryl methyl sites for hydroxylation is 2. The van der Waals surface area contributed by atoms with Crippen molar-refractivity contribution in [3.8, 4) is 5.75 Å². The molecule has 0 radical (unpaired) electrons. The number of ether oxygens (including phenoxy) is 1. The van der Waals surface area contributed by atoms with Crippen molar-refractivity contribution >= 4 is 17.5 Å². The van der Waals surface area contributed by atoms with Gasteiger partial charge in [-0.25, -0.2) is 4.98 Å². The van der Waals surface area contributed by atoms with Crippen LogP contribution in [-0.4, -0.2) is 39.7 Å². The number of aromatic nitrogens is 3. The van der Waals surface area contributed by atoms with Crippen molar-refractivity contribution < 1.29 is 14.3 Å². The largest absolute Gasteiger partial charge is 0.482 e. The second kappa shape index (κ2) is 6.92. The van der Waals surface area contributed by atoms with E-state index in [-0.39, 0.29) is 31.0 Å². The maximum absolute atomic E-state index is 12.5. The molecule has 25 heavy (non-hydrogen) atoms. The SMILES string of the molecule is CC[C@@H](NC(=O)CN1C(=O)COc2ccc(C)cc21)c1ncnn1C. The van der Waals surface area contributed by atoms with Crippen molar-refractivity contribution in [1.29, 1.82) is 0 Å². The van der Waals surface area contributed by atoms with Gasteiger partial charge in [-0.1, -0.05) is 13.0 Å². The molecule has 1 aliphatic rings. The summed E-state index contributed by atoms with van der Waals surface area (Å²) in [6.07, 6.45) is 2.12. The lowest BCUT2D eigenvalue weighted by Gasteiger charge is -2.29. The molecule has 0 bridgehead atoms. The maximum atomic E-state index is 12.5. The average Bonchev–Trinajstić information content (AvgIpc) is 3.01. The minimum absolute atomic E-state index is 0.0625. The average molecular weight is 343 g/mol. The molecule has 1 aromatic carbocycles. The summed E-state index contributed by atoms with van der Waals surface area (Å²) in [7, 11) is 1.78. The molecule has 2 aromatic rings. The van der Waals surface area contributed by atoms with Crippen LogP contribution in [0.2, 0.25) is 0 Å². The van der Waals surface area contributed by atoms with E-state index in [2.05, 4.69) is 15.4 Å². The fourth-order valence-corrected chi connectivity index (χ4v) is 2.84. The molecule has 0 saturated heterocycles. The highest BCUT2D eigenvalue weighted by Gasteiger charge is 2.28. The second-order valence-corrected chi connectivity index (χ2v) is 6.01. The summed E-state index contributed by atoms with van der Waals surface area (Å²) in [5, 5.41) is 6.96. The van der Waals surface area contributed by atoms with Crippen LogP contribution < -0.4 is 15.0 Å². The summed E-state index contributed by atoms with van der Waals surface area (Å²) in [5.74, 6) is 0.802. The summed E-state index contributed by atoms with van der Waals surface area (Å²) < 4.78 is 7.07. The minimum Gasteiger partial charge on any atom is -0.482 e. The Morgan fingerprint density at radius 3 is 2.92 bits per heavy atom. The van der Waals surface area contributed by atoms with Gasteiger partial charge in [0.25, 0.3) is 5.91 Å². The Hall–Kier alpha value is -2.90. The molecule has 0 unspecified atom stereocenters. The molecule has 1 aromatic heterocycles. The Bertz CT molecular complexity index is 801. The smallest absolute Gasteiger partial charge is 0.265 e. The van der Waals surface area contributed by atoms with E-state index in [9.17, 15) is 9.59 Å². The summed E-state index contributed by atoms with van der Waals surface area (Å²) in [6.45, 7) is 3.76. The van der Waals surface area contributed by atoms with E-state index in [1.807, 2.05) is 32.0 Å². The first-order chi connectivity index (χ1) is 12.0. The first kappa shape index (κ1) is 16.9. The van der Waals surface area contributed by atoms with Gasteiger partial charge in [-0.15, -0.1) is 0 Å². The van der Waals surface area contributed by atoms with E-state index in [1.54, 1.807) is 11.7 Å². The molecule has 8 nitrogen and oxygen atoms in total. The molecule has 0 spiro atoms. The first-order valence-electron chi connectivity index (χ1n) is 8.16. The number of carbonyl (C=O) groups excluding carboxylic acids is 2. The van der Waals surface area contributed by atoms with Gasteiger partial charge in [0.15, 0.2) is 6.61 Å². The third-order valence-electron chi connectivity index (χ3n) is 4.16. The molecule has 1 atom stereocenters. The monoisotopic (exact) mass is 343 g/mol. The number of amides is 2. The van der Waals surface area contributed by atoms with Gasteiger partial charge < -0.3 is 10.1 Å². The zero-order chi connectivity index (χ0) is 18.0.